The Hall–Kier alpha value is -1.88. The van der Waals surface area contributed by atoms with E-state index >= 15 is 0 Å². The van der Waals surface area contributed by atoms with Crippen molar-refractivity contribution in [3.8, 4) is 10.4 Å². The van der Waals surface area contributed by atoms with Gasteiger partial charge in [-0.15, -0.1) is 11.3 Å². The Morgan fingerprint density at radius 3 is 2.74 bits per heavy atom. The Kier molecular flexibility index (Phi) is 3.85. The van der Waals surface area contributed by atoms with Crippen LogP contribution in [0.25, 0.3) is 10.4 Å². The zero-order valence-electron chi connectivity index (χ0n) is 11.1. The minimum Gasteiger partial charge on any atom is -0.349 e. The van der Waals surface area contributed by atoms with Gasteiger partial charge < -0.3 is 10.3 Å². The Balaban J connectivity index is 2.30. The molecule has 2 N–H and O–H groups in total. The first-order valence-corrected chi connectivity index (χ1v) is 6.89. The van der Waals surface area contributed by atoms with Crippen LogP contribution in [0.2, 0.25) is 0 Å². The minimum atomic E-state index is -0.115. The number of carbonyl (C=O) groups excluding carboxylic acids is 1. The summed E-state index contributed by atoms with van der Waals surface area (Å²) in [7, 11) is 0. The van der Waals surface area contributed by atoms with Gasteiger partial charge in [-0.2, -0.15) is 0 Å². The number of nitrogens with one attached hydrogen (secondary N) is 2. The highest BCUT2D eigenvalue weighted by Crippen LogP contribution is 2.29. The average Bonchev–Trinajstić information content (AvgIpc) is 2.77. The lowest BCUT2D eigenvalue weighted by Gasteiger charge is -2.06. The molecule has 4 nitrogen and oxygen atoms in total. The van der Waals surface area contributed by atoms with Gasteiger partial charge in [-0.1, -0.05) is 0 Å². The zero-order chi connectivity index (χ0) is 14.0. The molecule has 2 rings (SSSR count). The third kappa shape index (κ3) is 3.12. The van der Waals surface area contributed by atoms with Crippen LogP contribution in [0.1, 0.15) is 29.1 Å². The zero-order valence-corrected chi connectivity index (χ0v) is 11.9. The lowest BCUT2D eigenvalue weighted by Crippen LogP contribution is -2.29. The molecular formula is C14H16N2O2S. The summed E-state index contributed by atoms with van der Waals surface area (Å²) in [5.74, 6) is -0.0617. The standard InChI is InChI=1S/C14H16N2O2S/c1-8(2)16-14(18)12-5-4-11(19-12)10-7-15-13(17)6-9(10)3/h4-8H,1-3H3,(H,15,17)(H,16,18). The fourth-order valence-electron chi connectivity index (χ4n) is 1.78. The van der Waals surface area contributed by atoms with Crippen molar-refractivity contribution in [2.24, 2.45) is 0 Å². The lowest BCUT2D eigenvalue weighted by molar-refractivity contribution is 0.0947. The maximum atomic E-state index is 11.9. The van der Waals surface area contributed by atoms with Crippen LogP contribution in [0.5, 0.6) is 0 Å². The van der Waals surface area contributed by atoms with Crippen LogP contribution in [0, 0.1) is 6.92 Å². The first kappa shape index (κ1) is 13.5. The molecule has 0 aliphatic rings. The summed E-state index contributed by atoms with van der Waals surface area (Å²) in [4.78, 5) is 27.4. The van der Waals surface area contributed by atoms with Crippen LogP contribution in [0.4, 0.5) is 0 Å². The van der Waals surface area contributed by atoms with E-state index in [-0.39, 0.29) is 17.5 Å². The number of thiophene rings is 1. The van der Waals surface area contributed by atoms with Crippen LogP contribution >= 0.6 is 11.3 Å². The van der Waals surface area contributed by atoms with Gasteiger partial charge in [0, 0.05) is 28.7 Å². The molecule has 0 aliphatic carbocycles. The monoisotopic (exact) mass is 276 g/mol. The SMILES string of the molecule is Cc1cc(=O)[nH]cc1-c1ccc(C(=O)NC(C)C)s1. The van der Waals surface area contributed by atoms with Gasteiger partial charge in [0.2, 0.25) is 5.56 Å². The minimum absolute atomic E-state index is 0.0617. The molecule has 0 aromatic carbocycles. The molecule has 0 spiro atoms. The first-order valence-electron chi connectivity index (χ1n) is 6.08. The number of H-pyrrole nitrogens is 1. The molecule has 2 aromatic rings. The number of rotatable bonds is 3. The van der Waals surface area contributed by atoms with Crippen molar-refractivity contribution in [3.05, 3.63) is 45.2 Å². The third-order valence-corrected chi connectivity index (χ3v) is 3.76. The number of pyridine rings is 1. The smallest absolute Gasteiger partial charge is 0.261 e. The maximum Gasteiger partial charge on any atom is 0.261 e. The molecular weight excluding hydrogens is 260 g/mol. The second-order valence-electron chi connectivity index (χ2n) is 4.69. The van der Waals surface area contributed by atoms with Crippen molar-refractivity contribution in [2.75, 3.05) is 0 Å². The van der Waals surface area contributed by atoms with Crippen molar-refractivity contribution in [3.63, 3.8) is 0 Å². The highest BCUT2D eigenvalue weighted by atomic mass is 32.1. The van der Waals surface area contributed by atoms with E-state index in [0.717, 1.165) is 16.0 Å². The maximum absolute atomic E-state index is 11.9. The molecule has 2 aromatic heterocycles. The molecule has 0 fully saturated rings. The van der Waals surface area contributed by atoms with Crippen molar-refractivity contribution in [2.45, 2.75) is 26.8 Å². The second-order valence-corrected chi connectivity index (χ2v) is 5.77. The molecule has 0 saturated heterocycles. The van der Waals surface area contributed by atoms with Gasteiger partial charge in [0.15, 0.2) is 0 Å². The Bertz CT molecular complexity index is 655. The number of amides is 1. The molecule has 0 radical (unpaired) electrons. The number of carbonyl (C=O) groups is 1. The highest BCUT2D eigenvalue weighted by molar-refractivity contribution is 7.17. The molecule has 0 unspecified atom stereocenters. The van der Waals surface area contributed by atoms with Crippen LogP contribution in [-0.2, 0) is 0 Å². The summed E-state index contributed by atoms with van der Waals surface area (Å²) in [6.45, 7) is 5.75. The van der Waals surface area contributed by atoms with E-state index in [4.69, 9.17) is 0 Å². The molecule has 0 bridgehead atoms. The van der Waals surface area contributed by atoms with Crippen LogP contribution in [0.3, 0.4) is 0 Å². The Labute approximate surface area is 115 Å². The van der Waals surface area contributed by atoms with Gasteiger partial charge in [0.1, 0.15) is 0 Å². The molecule has 100 valence electrons. The van der Waals surface area contributed by atoms with E-state index in [9.17, 15) is 9.59 Å². The van der Waals surface area contributed by atoms with Crippen LogP contribution in [0.15, 0.2) is 29.2 Å². The van der Waals surface area contributed by atoms with Crippen molar-refractivity contribution >= 4 is 17.2 Å². The molecule has 19 heavy (non-hydrogen) atoms. The number of hydrogen-bond donors (Lipinski definition) is 2. The van der Waals surface area contributed by atoms with Crippen LogP contribution < -0.4 is 10.9 Å². The van der Waals surface area contributed by atoms with Crippen molar-refractivity contribution in [1.29, 1.82) is 0 Å². The topological polar surface area (TPSA) is 62.0 Å². The Morgan fingerprint density at radius 1 is 1.37 bits per heavy atom. The predicted octanol–water partition coefficient (Wildman–Crippen LogP) is 2.55. The highest BCUT2D eigenvalue weighted by Gasteiger charge is 2.12. The summed E-state index contributed by atoms with van der Waals surface area (Å²) in [5.41, 5.74) is 1.74. The number of aromatic amines is 1. The molecule has 1 amide bonds. The lowest BCUT2D eigenvalue weighted by atomic mass is 10.1. The van der Waals surface area contributed by atoms with Gasteiger partial charge in [-0.05, 0) is 38.5 Å². The molecule has 0 saturated carbocycles. The second kappa shape index (κ2) is 5.40. The van der Waals surface area contributed by atoms with E-state index in [2.05, 4.69) is 10.3 Å². The van der Waals surface area contributed by atoms with Crippen molar-refractivity contribution in [1.82, 2.24) is 10.3 Å². The van der Waals surface area contributed by atoms with E-state index < -0.39 is 0 Å². The number of aromatic nitrogens is 1. The van der Waals surface area contributed by atoms with Gasteiger partial charge in [-0.3, -0.25) is 9.59 Å². The summed E-state index contributed by atoms with van der Waals surface area (Å²) >= 11 is 1.42. The molecule has 0 aliphatic heterocycles. The summed E-state index contributed by atoms with van der Waals surface area (Å²) in [6.07, 6.45) is 1.69. The van der Waals surface area contributed by atoms with Gasteiger partial charge in [-0.25, -0.2) is 0 Å². The number of hydrogen-bond acceptors (Lipinski definition) is 3. The molecule has 5 heteroatoms. The predicted molar refractivity (Wildman–Crippen MR) is 77.7 cm³/mol. The van der Waals surface area contributed by atoms with Gasteiger partial charge in [0.05, 0.1) is 4.88 Å². The first-order chi connectivity index (χ1) is 8.97. The van der Waals surface area contributed by atoms with E-state index in [1.807, 2.05) is 32.9 Å². The normalized spacial score (nSPS) is 10.7. The summed E-state index contributed by atoms with van der Waals surface area (Å²) in [6, 6.07) is 5.39. The molecule has 0 atom stereocenters. The third-order valence-electron chi connectivity index (χ3n) is 2.65. The van der Waals surface area contributed by atoms with E-state index in [1.54, 1.807) is 12.3 Å². The summed E-state index contributed by atoms with van der Waals surface area (Å²) in [5, 5.41) is 2.86. The number of aryl methyl sites for hydroxylation is 1. The Morgan fingerprint density at radius 2 is 2.11 bits per heavy atom. The summed E-state index contributed by atoms with van der Waals surface area (Å²) < 4.78 is 0. The van der Waals surface area contributed by atoms with E-state index in [1.165, 1.54) is 11.3 Å². The fraction of sp³-hybridized carbons (Fsp3) is 0.286. The largest absolute Gasteiger partial charge is 0.349 e. The molecule has 2 heterocycles. The van der Waals surface area contributed by atoms with Crippen LogP contribution in [-0.4, -0.2) is 16.9 Å². The quantitative estimate of drug-likeness (QED) is 0.905. The van der Waals surface area contributed by atoms with E-state index in [0.29, 0.717) is 4.88 Å². The van der Waals surface area contributed by atoms with Gasteiger partial charge >= 0.3 is 0 Å². The van der Waals surface area contributed by atoms with Gasteiger partial charge in [0.25, 0.3) is 5.91 Å². The van der Waals surface area contributed by atoms with Crippen molar-refractivity contribution < 1.29 is 4.79 Å². The fourth-order valence-corrected chi connectivity index (χ4v) is 2.77. The average molecular weight is 276 g/mol.